The summed E-state index contributed by atoms with van der Waals surface area (Å²) in [6.07, 6.45) is 6.61. The van der Waals surface area contributed by atoms with Crippen LogP contribution in [0.2, 0.25) is 0 Å². The Bertz CT molecular complexity index is 407. The quantitative estimate of drug-likeness (QED) is 0.757. The number of urea groups is 1. The van der Waals surface area contributed by atoms with E-state index in [1.54, 1.807) is 0 Å². The van der Waals surface area contributed by atoms with Crippen molar-refractivity contribution >= 4 is 11.7 Å². The predicted molar refractivity (Wildman–Crippen MR) is 60.4 cm³/mol. The van der Waals surface area contributed by atoms with Crippen molar-refractivity contribution in [2.75, 3.05) is 5.32 Å². The van der Waals surface area contributed by atoms with Crippen LogP contribution in [-0.4, -0.2) is 6.03 Å². The van der Waals surface area contributed by atoms with E-state index in [4.69, 9.17) is 0 Å². The molecule has 0 radical (unpaired) electrons. The Hall–Kier alpha value is -2.03. The van der Waals surface area contributed by atoms with E-state index in [1.165, 1.54) is 0 Å². The summed E-state index contributed by atoms with van der Waals surface area (Å²) in [5.41, 5.74) is 1.71. The van der Waals surface area contributed by atoms with E-state index >= 15 is 0 Å². The molecular formula is C12H12N2O. The smallest absolute Gasteiger partial charge is 0.311 e. The summed E-state index contributed by atoms with van der Waals surface area (Å²) in [5.74, 6) is 0. The highest BCUT2D eigenvalue weighted by Crippen LogP contribution is 2.08. The third-order valence-corrected chi connectivity index (χ3v) is 2.08. The van der Waals surface area contributed by atoms with Crippen molar-refractivity contribution in [2.45, 2.75) is 6.42 Å². The Labute approximate surface area is 88.5 Å². The molecule has 3 heteroatoms. The van der Waals surface area contributed by atoms with Crippen molar-refractivity contribution in [2.24, 2.45) is 0 Å². The molecule has 0 saturated carbocycles. The molecule has 1 aliphatic carbocycles. The highest BCUT2D eigenvalue weighted by atomic mass is 16.2. The van der Waals surface area contributed by atoms with Gasteiger partial charge in [-0.2, -0.15) is 0 Å². The largest absolute Gasteiger partial charge is 0.323 e. The van der Waals surface area contributed by atoms with Crippen LogP contribution in [0.25, 0.3) is 0 Å². The lowest BCUT2D eigenvalue weighted by Gasteiger charge is -2.07. The van der Waals surface area contributed by atoms with Gasteiger partial charge in [0, 0.05) is 17.8 Å². The lowest BCUT2D eigenvalue weighted by atomic mass is 10.3. The molecule has 1 aromatic rings. The van der Waals surface area contributed by atoms with Gasteiger partial charge in [0.25, 0.3) is 0 Å². The maximum absolute atomic E-state index is 11.5. The van der Waals surface area contributed by atoms with Gasteiger partial charge < -0.3 is 10.6 Å². The average Bonchev–Trinajstić information content (AvgIpc) is 2.71. The number of amides is 2. The van der Waals surface area contributed by atoms with E-state index in [-0.39, 0.29) is 6.03 Å². The maximum Gasteiger partial charge on any atom is 0.323 e. The lowest BCUT2D eigenvalue weighted by molar-refractivity contribution is 0.254. The van der Waals surface area contributed by atoms with Crippen molar-refractivity contribution in [1.82, 2.24) is 5.32 Å². The van der Waals surface area contributed by atoms with Gasteiger partial charge in [0.1, 0.15) is 0 Å². The molecule has 0 bridgehead atoms. The number of hydrogen-bond acceptors (Lipinski definition) is 1. The Morgan fingerprint density at radius 2 is 1.93 bits per heavy atom. The first-order chi connectivity index (χ1) is 7.34. The molecule has 1 aromatic carbocycles. The van der Waals surface area contributed by atoms with Gasteiger partial charge in [0.05, 0.1) is 0 Å². The maximum atomic E-state index is 11.5. The standard InChI is InChI=1S/C12H12N2O/c15-12(14-11-8-4-5-9-11)13-10-6-2-1-3-7-10/h1-8H,9H2,(H2,13,14,15). The SMILES string of the molecule is O=C(NC1=CC=CC1)Nc1ccccc1. The van der Waals surface area contributed by atoms with E-state index in [9.17, 15) is 4.79 Å². The van der Waals surface area contributed by atoms with E-state index < -0.39 is 0 Å². The van der Waals surface area contributed by atoms with Gasteiger partial charge in [-0.05, 0) is 18.2 Å². The molecule has 0 spiro atoms. The highest BCUT2D eigenvalue weighted by molar-refractivity contribution is 5.90. The molecule has 0 saturated heterocycles. The average molecular weight is 200 g/mol. The number of allylic oxidation sites excluding steroid dienone is 3. The second-order valence-corrected chi connectivity index (χ2v) is 3.27. The summed E-state index contributed by atoms with van der Waals surface area (Å²) in [5, 5.41) is 5.53. The normalized spacial score (nSPS) is 13.5. The Kier molecular flexibility index (Phi) is 2.83. The molecule has 1 aliphatic rings. The van der Waals surface area contributed by atoms with Crippen molar-refractivity contribution in [3.8, 4) is 0 Å². The van der Waals surface area contributed by atoms with Crippen molar-refractivity contribution in [3.05, 3.63) is 54.3 Å². The fourth-order valence-electron chi connectivity index (χ4n) is 1.37. The molecule has 76 valence electrons. The zero-order chi connectivity index (χ0) is 10.5. The number of carbonyl (C=O) groups is 1. The molecule has 2 N–H and O–H groups in total. The minimum atomic E-state index is -0.198. The van der Waals surface area contributed by atoms with E-state index in [0.29, 0.717) is 0 Å². The Balaban J connectivity index is 1.88. The molecule has 0 aromatic heterocycles. The molecule has 0 atom stereocenters. The minimum Gasteiger partial charge on any atom is -0.311 e. The fraction of sp³-hybridized carbons (Fsp3) is 0.0833. The molecule has 0 heterocycles. The third kappa shape index (κ3) is 2.71. The van der Waals surface area contributed by atoms with Crippen LogP contribution in [0.5, 0.6) is 0 Å². The van der Waals surface area contributed by atoms with E-state index in [1.807, 2.05) is 48.6 Å². The van der Waals surface area contributed by atoms with Crippen LogP contribution in [0.3, 0.4) is 0 Å². The molecule has 15 heavy (non-hydrogen) atoms. The summed E-state index contributed by atoms with van der Waals surface area (Å²) < 4.78 is 0. The van der Waals surface area contributed by atoms with Crippen LogP contribution < -0.4 is 10.6 Å². The van der Waals surface area contributed by atoms with Crippen LogP contribution in [0, 0.1) is 0 Å². The second kappa shape index (κ2) is 4.46. The molecule has 2 rings (SSSR count). The van der Waals surface area contributed by atoms with Gasteiger partial charge in [-0.1, -0.05) is 30.4 Å². The molecule has 0 unspecified atom stereocenters. The van der Waals surface area contributed by atoms with Gasteiger partial charge in [-0.3, -0.25) is 0 Å². The van der Waals surface area contributed by atoms with Crippen molar-refractivity contribution in [3.63, 3.8) is 0 Å². The van der Waals surface area contributed by atoms with Crippen LogP contribution in [-0.2, 0) is 0 Å². The van der Waals surface area contributed by atoms with Gasteiger partial charge in [-0.25, -0.2) is 4.79 Å². The van der Waals surface area contributed by atoms with Crippen molar-refractivity contribution in [1.29, 1.82) is 0 Å². The predicted octanol–water partition coefficient (Wildman–Crippen LogP) is 2.65. The Morgan fingerprint density at radius 3 is 2.60 bits per heavy atom. The number of para-hydroxylation sites is 1. The summed E-state index contributed by atoms with van der Waals surface area (Å²) in [7, 11) is 0. The summed E-state index contributed by atoms with van der Waals surface area (Å²) in [4.78, 5) is 11.5. The molecule has 2 amide bonds. The van der Waals surface area contributed by atoms with E-state index in [2.05, 4.69) is 10.6 Å². The molecular weight excluding hydrogens is 188 g/mol. The van der Waals surface area contributed by atoms with Crippen LogP contribution in [0.1, 0.15) is 6.42 Å². The molecule has 0 aliphatic heterocycles. The number of benzene rings is 1. The first kappa shape index (κ1) is 9.52. The second-order valence-electron chi connectivity index (χ2n) is 3.27. The first-order valence-corrected chi connectivity index (χ1v) is 4.83. The lowest BCUT2D eigenvalue weighted by Crippen LogP contribution is -2.27. The molecule has 0 fully saturated rings. The van der Waals surface area contributed by atoms with Gasteiger partial charge in [-0.15, -0.1) is 0 Å². The first-order valence-electron chi connectivity index (χ1n) is 4.83. The summed E-state index contributed by atoms with van der Waals surface area (Å²) in [6.45, 7) is 0. The number of anilines is 1. The zero-order valence-electron chi connectivity index (χ0n) is 8.23. The van der Waals surface area contributed by atoms with Gasteiger partial charge >= 0.3 is 6.03 Å². The topological polar surface area (TPSA) is 41.1 Å². The van der Waals surface area contributed by atoms with Crippen molar-refractivity contribution < 1.29 is 4.79 Å². The number of hydrogen-bond donors (Lipinski definition) is 2. The van der Waals surface area contributed by atoms with Crippen LogP contribution in [0.15, 0.2) is 54.3 Å². The molecule has 3 nitrogen and oxygen atoms in total. The summed E-state index contributed by atoms with van der Waals surface area (Å²) in [6, 6.07) is 9.17. The van der Waals surface area contributed by atoms with E-state index in [0.717, 1.165) is 17.8 Å². The van der Waals surface area contributed by atoms with Gasteiger partial charge in [0.2, 0.25) is 0 Å². The number of nitrogens with one attached hydrogen (secondary N) is 2. The summed E-state index contributed by atoms with van der Waals surface area (Å²) >= 11 is 0. The van der Waals surface area contributed by atoms with Crippen LogP contribution in [0.4, 0.5) is 10.5 Å². The zero-order valence-corrected chi connectivity index (χ0v) is 8.23. The number of carbonyl (C=O) groups excluding carboxylic acids is 1. The van der Waals surface area contributed by atoms with Crippen LogP contribution >= 0.6 is 0 Å². The monoisotopic (exact) mass is 200 g/mol. The number of rotatable bonds is 2. The third-order valence-electron chi connectivity index (χ3n) is 2.08. The highest BCUT2D eigenvalue weighted by Gasteiger charge is 2.04. The minimum absolute atomic E-state index is 0.198. The fourth-order valence-corrected chi connectivity index (χ4v) is 1.37. The Morgan fingerprint density at radius 1 is 1.13 bits per heavy atom. The van der Waals surface area contributed by atoms with Gasteiger partial charge in [0.15, 0.2) is 0 Å².